The van der Waals surface area contributed by atoms with Crippen molar-refractivity contribution in [3.8, 4) is 0 Å². The Hall–Kier alpha value is -1.59. The first kappa shape index (κ1) is 13.8. The summed E-state index contributed by atoms with van der Waals surface area (Å²) in [5.41, 5.74) is 13.2. The number of carbonyl (C=O) groups is 1. The van der Waals surface area contributed by atoms with Crippen LogP contribution in [-0.2, 0) is 6.54 Å². The molecule has 5 N–H and O–H groups in total. The summed E-state index contributed by atoms with van der Waals surface area (Å²) in [6, 6.07) is 5.18. The summed E-state index contributed by atoms with van der Waals surface area (Å²) in [4.78, 5) is 13.3. The number of piperidine rings is 1. The second kappa shape index (κ2) is 5.59. The molecule has 19 heavy (non-hydrogen) atoms. The van der Waals surface area contributed by atoms with E-state index in [-0.39, 0.29) is 12.0 Å². The van der Waals surface area contributed by atoms with Gasteiger partial charge in [0.2, 0.25) is 5.91 Å². The molecule has 104 valence electrons. The van der Waals surface area contributed by atoms with Gasteiger partial charge in [-0.05, 0) is 30.0 Å². The van der Waals surface area contributed by atoms with E-state index in [2.05, 4.69) is 11.8 Å². The summed E-state index contributed by atoms with van der Waals surface area (Å²) in [7, 11) is 0. The summed E-state index contributed by atoms with van der Waals surface area (Å²) < 4.78 is 0. The SMILES string of the molecule is CC1CN(Cc2ccc(C(N)=O)cc2N)CCC1O. The van der Waals surface area contributed by atoms with Gasteiger partial charge in [0, 0.05) is 30.9 Å². The van der Waals surface area contributed by atoms with Crippen molar-refractivity contribution in [3.05, 3.63) is 29.3 Å². The number of aliphatic hydroxyl groups is 1. The van der Waals surface area contributed by atoms with Crippen LogP contribution in [0, 0.1) is 5.92 Å². The predicted molar refractivity (Wildman–Crippen MR) is 74.4 cm³/mol. The lowest BCUT2D eigenvalue weighted by Gasteiger charge is -2.34. The summed E-state index contributed by atoms with van der Waals surface area (Å²) >= 11 is 0. The minimum Gasteiger partial charge on any atom is -0.398 e. The summed E-state index contributed by atoms with van der Waals surface area (Å²) in [5, 5.41) is 9.71. The Morgan fingerprint density at radius 3 is 2.84 bits per heavy atom. The zero-order valence-corrected chi connectivity index (χ0v) is 11.2. The van der Waals surface area contributed by atoms with E-state index in [1.807, 2.05) is 6.07 Å². The largest absolute Gasteiger partial charge is 0.398 e. The fourth-order valence-corrected chi connectivity index (χ4v) is 2.50. The fraction of sp³-hybridized carbons (Fsp3) is 0.500. The number of nitrogens with two attached hydrogens (primary N) is 2. The number of carbonyl (C=O) groups excluding carboxylic acids is 1. The third-order valence-corrected chi connectivity index (χ3v) is 3.77. The first-order valence-corrected chi connectivity index (χ1v) is 6.56. The summed E-state index contributed by atoms with van der Waals surface area (Å²) in [6.07, 6.45) is 0.589. The molecule has 5 nitrogen and oxygen atoms in total. The molecule has 1 saturated heterocycles. The van der Waals surface area contributed by atoms with Crippen molar-refractivity contribution in [2.75, 3.05) is 18.8 Å². The maximum absolute atomic E-state index is 11.1. The predicted octanol–water partition coefficient (Wildman–Crippen LogP) is 0.570. The summed E-state index contributed by atoms with van der Waals surface area (Å²) in [6.45, 7) is 4.51. The van der Waals surface area contributed by atoms with Crippen LogP contribution in [-0.4, -0.2) is 35.1 Å². The van der Waals surface area contributed by atoms with Crippen molar-refractivity contribution < 1.29 is 9.90 Å². The maximum Gasteiger partial charge on any atom is 0.248 e. The molecule has 0 radical (unpaired) electrons. The smallest absolute Gasteiger partial charge is 0.248 e. The minimum absolute atomic E-state index is 0.203. The van der Waals surface area contributed by atoms with E-state index in [9.17, 15) is 9.90 Å². The average molecular weight is 263 g/mol. The molecule has 2 rings (SSSR count). The third-order valence-electron chi connectivity index (χ3n) is 3.77. The lowest BCUT2D eigenvalue weighted by Crippen LogP contribution is -2.41. The van der Waals surface area contributed by atoms with Gasteiger partial charge in [-0.2, -0.15) is 0 Å². The average Bonchev–Trinajstić information content (AvgIpc) is 2.36. The van der Waals surface area contributed by atoms with Crippen LogP contribution in [0.2, 0.25) is 0 Å². The van der Waals surface area contributed by atoms with E-state index in [1.165, 1.54) is 0 Å². The number of amides is 1. The second-order valence-electron chi connectivity index (χ2n) is 5.35. The van der Waals surface area contributed by atoms with Gasteiger partial charge in [-0.1, -0.05) is 13.0 Å². The number of nitrogen functional groups attached to an aromatic ring is 1. The molecule has 1 fully saturated rings. The van der Waals surface area contributed by atoms with Crippen LogP contribution in [0.4, 0.5) is 5.69 Å². The molecule has 1 heterocycles. The minimum atomic E-state index is -0.465. The number of hydrogen-bond acceptors (Lipinski definition) is 4. The topological polar surface area (TPSA) is 92.6 Å². The molecular weight excluding hydrogens is 242 g/mol. The lowest BCUT2D eigenvalue weighted by atomic mass is 9.96. The molecule has 1 aliphatic heterocycles. The van der Waals surface area contributed by atoms with E-state index in [0.717, 1.165) is 31.6 Å². The Labute approximate surface area is 113 Å². The number of likely N-dealkylation sites (tertiary alicyclic amines) is 1. The van der Waals surface area contributed by atoms with Gasteiger partial charge < -0.3 is 16.6 Å². The molecule has 0 spiro atoms. The Kier molecular flexibility index (Phi) is 4.07. The maximum atomic E-state index is 11.1. The van der Waals surface area contributed by atoms with Crippen molar-refractivity contribution in [2.45, 2.75) is 26.0 Å². The van der Waals surface area contributed by atoms with Gasteiger partial charge in [0.25, 0.3) is 0 Å². The van der Waals surface area contributed by atoms with Gasteiger partial charge in [-0.3, -0.25) is 9.69 Å². The van der Waals surface area contributed by atoms with Crippen LogP contribution >= 0.6 is 0 Å². The fourth-order valence-electron chi connectivity index (χ4n) is 2.50. The number of anilines is 1. The van der Waals surface area contributed by atoms with Gasteiger partial charge in [0.1, 0.15) is 0 Å². The number of aliphatic hydroxyl groups excluding tert-OH is 1. The Morgan fingerprint density at radius 2 is 2.26 bits per heavy atom. The zero-order chi connectivity index (χ0) is 14.0. The Balaban J connectivity index is 2.05. The molecule has 2 atom stereocenters. The normalized spacial score (nSPS) is 24.3. The van der Waals surface area contributed by atoms with E-state index in [1.54, 1.807) is 12.1 Å². The van der Waals surface area contributed by atoms with Gasteiger partial charge in [-0.15, -0.1) is 0 Å². The molecule has 1 amide bonds. The summed E-state index contributed by atoms with van der Waals surface area (Å²) in [5.74, 6) is -0.187. The zero-order valence-electron chi connectivity index (χ0n) is 11.2. The van der Waals surface area contributed by atoms with Crippen molar-refractivity contribution >= 4 is 11.6 Å². The van der Waals surface area contributed by atoms with Crippen molar-refractivity contribution in [1.29, 1.82) is 0 Å². The standard InChI is InChI=1S/C14H21N3O2/c1-9-7-17(5-4-13(9)18)8-11-3-2-10(14(16)19)6-12(11)15/h2-3,6,9,13,18H,4-5,7-8,15H2,1H3,(H2,16,19). The van der Waals surface area contributed by atoms with Crippen LogP contribution in [0.1, 0.15) is 29.3 Å². The van der Waals surface area contributed by atoms with Crippen LogP contribution in [0.25, 0.3) is 0 Å². The molecule has 2 unspecified atom stereocenters. The first-order chi connectivity index (χ1) is 8.97. The van der Waals surface area contributed by atoms with Gasteiger partial charge in [0.05, 0.1) is 6.10 Å². The molecule has 0 aliphatic carbocycles. The first-order valence-electron chi connectivity index (χ1n) is 6.56. The van der Waals surface area contributed by atoms with Crippen LogP contribution in [0.15, 0.2) is 18.2 Å². The van der Waals surface area contributed by atoms with Crippen molar-refractivity contribution in [1.82, 2.24) is 4.90 Å². The van der Waals surface area contributed by atoms with Crippen molar-refractivity contribution in [2.24, 2.45) is 11.7 Å². The molecule has 1 aliphatic rings. The van der Waals surface area contributed by atoms with E-state index >= 15 is 0 Å². The third kappa shape index (κ3) is 3.24. The van der Waals surface area contributed by atoms with Gasteiger partial charge in [0.15, 0.2) is 0 Å². The molecule has 1 aromatic rings. The second-order valence-corrected chi connectivity index (χ2v) is 5.35. The van der Waals surface area contributed by atoms with Gasteiger partial charge >= 0.3 is 0 Å². The number of benzene rings is 1. The molecule has 0 bridgehead atoms. The molecule has 0 saturated carbocycles. The quantitative estimate of drug-likeness (QED) is 0.695. The molecule has 0 aromatic heterocycles. The van der Waals surface area contributed by atoms with Crippen LogP contribution in [0.5, 0.6) is 0 Å². The van der Waals surface area contributed by atoms with E-state index < -0.39 is 5.91 Å². The van der Waals surface area contributed by atoms with Crippen LogP contribution < -0.4 is 11.5 Å². The Bertz CT molecular complexity index is 476. The van der Waals surface area contributed by atoms with Gasteiger partial charge in [-0.25, -0.2) is 0 Å². The number of primary amides is 1. The number of rotatable bonds is 3. The highest BCUT2D eigenvalue weighted by Gasteiger charge is 2.24. The monoisotopic (exact) mass is 263 g/mol. The highest BCUT2D eigenvalue weighted by molar-refractivity contribution is 5.93. The number of nitrogens with zero attached hydrogens (tertiary/aromatic N) is 1. The van der Waals surface area contributed by atoms with E-state index in [4.69, 9.17) is 11.5 Å². The van der Waals surface area contributed by atoms with Crippen molar-refractivity contribution in [3.63, 3.8) is 0 Å². The molecule has 5 heteroatoms. The van der Waals surface area contributed by atoms with E-state index in [0.29, 0.717) is 11.3 Å². The number of hydrogen-bond donors (Lipinski definition) is 3. The molecule has 1 aromatic carbocycles. The molecular formula is C14H21N3O2. The highest BCUT2D eigenvalue weighted by atomic mass is 16.3. The highest BCUT2D eigenvalue weighted by Crippen LogP contribution is 2.21. The Morgan fingerprint density at radius 1 is 1.53 bits per heavy atom. The van der Waals surface area contributed by atoms with Crippen LogP contribution in [0.3, 0.4) is 0 Å². The lowest BCUT2D eigenvalue weighted by molar-refractivity contribution is 0.0321.